The van der Waals surface area contributed by atoms with E-state index < -0.39 is 6.10 Å². The van der Waals surface area contributed by atoms with E-state index in [9.17, 15) is 5.11 Å². The zero-order valence-electron chi connectivity index (χ0n) is 11.1. The van der Waals surface area contributed by atoms with Gasteiger partial charge >= 0.3 is 0 Å². The van der Waals surface area contributed by atoms with Gasteiger partial charge in [0.2, 0.25) is 0 Å². The highest BCUT2D eigenvalue weighted by atomic mass is 16.5. The molecule has 0 saturated carbocycles. The Morgan fingerprint density at radius 3 is 2.50 bits per heavy atom. The van der Waals surface area contributed by atoms with Crippen LogP contribution in [0, 0.1) is 0 Å². The van der Waals surface area contributed by atoms with Crippen molar-refractivity contribution in [3.63, 3.8) is 0 Å². The number of benzene rings is 1. The van der Waals surface area contributed by atoms with Crippen molar-refractivity contribution in [3.05, 3.63) is 23.8 Å². The largest absolute Gasteiger partial charge is 0.493 e. The Labute approximate surface area is 107 Å². The monoisotopic (exact) mass is 255 g/mol. The van der Waals surface area contributed by atoms with Gasteiger partial charge in [0, 0.05) is 13.2 Å². The third kappa shape index (κ3) is 4.18. The molecule has 5 heteroatoms. The van der Waals surface area contributed by atoms with Crippen LogP contribution in [0.3, 0.4) is 0 Å². The van der Waals surface area contributed by atoms with E-state index in [1.165, 1.54) is 7.11 Å². The summed E-state index contributed by atoms with van der Waals surface area (Å²) in [5.74, 6) is 1.19. The number of hydrogen-bond donors (Lipinski definition) is 2. The SMILES string of the molecule is COCC(O)COc1ccc([C@@H](C)N)cc1OC. The maximum atomic E-state index is 9.51. The quantitative estimate of drug-likeness (QED) is 0.763. The number of aliphatic hydroxyl groups excluding tert-OH is 1. The van der Waals surface area contributed by atoms with Crippen LogP contribution in [0.15, 0.2) is 18.2 Å². The standard InChI is InChI=1S/C13H21NO4/c1-9(14)10-4-5-12(13(6-10)17-3)18-8-11(15)7-16-2/h4-6,9,11,15H,7-8,14H2,1-3H3/t9-,11?/m1/s1. The molecular weight excluding hydrogens is 234 g/mol. The summed E-state index contributed by atoms with van der Waals surface area (Å²) in [7, 11) is 3.10. The molecular formula is C13H21NO4. The van der Waals surface area contributed by atoms with E-state index >= 15 is 0 Å². The van der Waals surface area contributed by atoms with E-state index in [2.05, 4.69) is 0 Å². The fourth-order valence-electron chi connectivity index (χ4n) is 1.51. The van der Waals surface area contributed by atoms with E-state index in [1.807, 2.05) is 19.1 Å². The van der Waals surface area contributed by atoms with Crippen LogP contribution in [-0.2, 0) is 4.74 Å². The van der Waals surface area contributed by atoms with Crippen LogP contribution >= 0.6 is 0 Å². The molecule has 2 atom stereocenters. The molecule has 0 aliphatic heterocycles. The maximum absolute atomic E-state index is 9.51. The summed E-state index contributed by atoms with van der Waals surface area (Å²) in [5.41, 5.74) is 6.77. The van der Waals surface area contributed by atoms with Crippen LogP contribution < -0.4 is 15.2 Å². The lowest BCUT2D eigenvalue weighted by molar-refractivity contribution is 0.0319. The van der Waals surface area contributed by atoms with Crippen molar-refractivity contribution in [1.29, 1.82) is 0 Å². The lowest BCUT2D eigenvalue weighted by atomic mass is 10.1. The van der Waals surface area contributed by atoms with Gasteiger partial charge in [-0.05, 0) is 24.6 Å². The highest BCUT2D eigenvalue weighted by Gasteiger charge is 2.10. The highest BCUT2D eigenvalue weighted by molar-refractivity contribution is 5.43. The fraction of sp³-hybridized carbons (Fsp3) is 0.538. The summed E-state index contributed by atoms with van der Waals surface area (Å²) in [5, 5.41) is 9.51. The molecule has 1 rings (SSSR count). The van der Waals surface area contributed by atoms with Crippen molar-refractivity contribution in [1.82, 2.24) is 0 Å². The average molecular weight is 255 g/mol. The number of hydrogen-bond acceptors (Lipinski definition) is 5. The Kier molecular flexibility index (Phi) is 5.91. The van der Waals surface area contributed by atoms with Gasteiger partial charge in [0.1, 0.15) is 12.7 Å². The molecule has 0 amide bonds. The van der Waals surface area contributed by atoms with Crippen molar-refractivity contribution in [2.45, 2.75) is 19.1 Å². The highest BCUT2D eigenvalue weighted by Crippen LogP contribution is 2.29. The number of methoxy groups -OCH3 is 2. The topological polar surface area (TPSA) is 73.9 Å². The Bertz CT molecular complexity index is 368. The molecule has 1 aromatic rings. The summed E-state index contributed by atoms with van der Waals surface area (Å²) in [4.78, 5) is 0. The summed E-state index contributed by atoms with van der Waals surface area (Å²) in [6.07, 6.45) is -0.659. The normalized spacial score (nSPS) is 14.1. The van der Waals surface area contributed by atoms with Crippen LogP contribution in [0.25, 0.3) is 0 Å². The lowest BCUT2D eigenvalue weighted by Gasteiger charge is -2.15. The molecule has 0 saturated heterocycles. The van der Waals surface area contributed by atoms with Gasteiger partial charge in [0.05, 0.1) is 13.7 Å². The third-order valence-corrected chi connectivity index (χ3v) is 2.50. The van der Waals surface area contributed by atoms with Crippen molar-refractivity contribution >= 4 is 0 Å². The molecule has 0 spiro atoms. The maximum Gasteiger partial charge on any atom is 0.161 e. The van der Waals surface area contributed by atoms with E-state index in [0.717, 1.165) is 5.56 Å². The van der Waals surface area contributed by atoms with Gasteiger partial charge in [-0.1, -0.05) is 6.07 Å². The molecule has 1 unspecified atom stereocenters. The van der Waals surface area contributed by atoms with E-state index in [1.54, 1.807) is 13.2 Å². The van der Waals surface area contributed by atoms with Gasteiger partial charge in [-0.3, -0.25) is 0 Å². The van der Waals surface area contributed by atoms with Gasteiger partial charge in [0.25, 0.3) is 0 Å². The van der Waals surface area contributed by atoms with Crippen molar-refractivity contribution in [2.24, 2.45) is 5.73 Å². The van der Waals surface area contributed by atoms with E-state index in [-0.39, 0.29) is 19.3 Å². The first-order valence-electron chi connectivity index (χ1n) is 5.81. The number of nitrogens with two attached hydrogens (primary N) is 1. The number of rotatable bonds is 7. The summed E-state index contributed by atoms with van der Waals surface area (Å²) in [6, 6.07) is 5.44. The second kappa shape index (κ2) is 7.20. The third-order valence-electron chi connectivity index (χ3n) is 2.50. The fourth-order valence-corrected chi connectivity index (χ4v) is 1.51. The molecule has 18 heavy (non-hydrogen) atoms. The molecule has 0 aliphatic rings. The Morgan fingerprint density at radius 2 is 1.94 bits per heavy atom. The first-order chi connectivity index (χ1) is 8.58. The molecule has 0 aromatic heterocycles. The van der Waals surface area contributed by atoms with Gasteiger partial charge in [-0.15, -0.1) is 0 Å². The number of aliphatic hydroxyl groups is 1. The first-order valence-corrected chi connectivity index (χ1v) is 5.81. The number of ether oxygens (including phenoxy) is 3. The summed E-state index contributed by atoms with van der Waals surface area (Å²) in [6.45, 7) is 2.29. The molecule has 0 heterocycles. The predicted octanol–water partition coefficient (Wildman–Crippen LogP) is 1.10. The van der Waals surface area contributed by atoms with Crippen LogP contribution in [0.4, 0.5) is 0 Å². The molecule has 0 radical (unpaired) electrons. The minimum Gasteiger partial charge on any atom is -0.493 e. The molecule has 5 nitrogen and oxygen atoms in total. The van der Waals surface area contributed by atoms with Gasteiger partial charge in [-0.25, -0.2) is 0 Å². The summed E-state index contributed by atoms with van der Waals surface area (Å²) < 4.78 is 15.5. The van der Waals surface area contributed by atoms with Gasteiger partial charge < -0.3 is 25.1 Å². The van der Waals surface area contributed by atoms with E-state index in [4.69, 9.17) is 19.9 Å². The Balaban J connectivity index is 2.70. The zero-order chi connectivity index (χ0) is 13.5. The smallest absolute Gasteiger partial charge is 0.161 e. The Morgan fingerprint density at radius 1 is 1.22 bits per heavy atom. The molecule has 102 valence electrons. The van der Waals surface area contributed by atoms with E-state index in [0.29, 0.717) is 11.5 Å². The first kappa shape index (κ1) is 14.8. The van der Waals surface area contributed by atoms with Crippen molar-refractivity contribution in [2.75, 3.05) is 27.4 Å². The molecule has 1 aromatic carbocycles. The second-order valence-corrected chi connectivity index (χ2v) is 4.12. The minimum atomic E-state index is -0.659. The molecule has 3 N–H and O–H groups in total. The zero-order valence-corrected chi connectivity index (χ0v) is 11.1. The predicted molar refractivity (Wildman–Crippen MR) is 69.0 cm³/mol. The molecule has 0 fully saturated rings. The van der Waals surface area contributed by atoms with Gasteiger partial charge in [0.15, 0.2) is 11.5 Å². The molecule has 0 aliphatic carbocycles. The van der Waals surface area contributed by atoms with Crippen molar-refractivity contribution in [3.8, 4) is 11.5 Å². The Hall–Kier alpha value is -1.30. The van der Waals surface area contributed by atoms with Crippen LogP contribution in [0.1, 0.15) is 18.5 Å². The average Bonchev–Trinajstić information content (AvgIpc) is 2.36. The second-order valence-electron chi connectivity index (χ2n) is 4.12. The summed E-state index contributed by atoms with van der Waals surface area (Å²) >= 11 is 0. The lowest BCUT2D eigenvalue weighted by Crippen LogP contribution is -2.22. The van der Waals surface area contributed by atoms with Crippen LogP contribution in [0.2, 0.25) is 0 Å². The van der Waals surface area contributed by atoms with Crippen molar-refractivity contribution < 1.29 is 19.3 Å². The van der Waals surface area contributed by atoms with Gasteiger partial charge in [-0.2, -0.15) is 0 Å². The molecule has 0 bridgehead atoms. The van der Waals surface area contributed by atoms with Crippen LogP contribution in [-0.4, -0.2) is 38.6 Å². The van der Waals surface area contributed by atoms with Crippen LogP contribution in [0.5, 0.6) is 11.5 Å². The minimum absolute atomic E-state index is 0.0629.